The van der Waals surface area contributed by atoms with Gasteiger partial charge in [0.05, 0.1) is 0 Å². The highest BCUT2D eigenvalue weighted by Gasteiger charge is 2.03. The first-order chi connectivity index (χ1) is 7.74. The van der Waals surface area contributed by atoms with Crippen LogP contribution in [-0.2, 0) is 0 Å². The summed E-state index contributed by atoms with van der Waals surface area (Å²) in [6.07, 6.45) is 5.29. The maximum absolute atomic E-state index is 3.56. The van der Waals surface area contributed by atoms with Gasteiger partial charge in [-0.25, -0.2) is 0 Å². The van der Waals surface area contributed by atoms with Crippen molar-refractivity contribution in [1.29, 1.82) is 0 Å². The van der Waals surface area contributed by atoms with Crippen molar-refractivity contribution in [1.82, 2.24) is 5.32 Å². The van der Waals surface area contributed by atoms with Gasteiger partial charge in [0.2, 0.25) is 0 Å². The molecule has 1 nitrogen and oxygen atoms in total. The van der Waals surface area contributed by atoms with E-state index in [0.29, 0.717) is 6.04 Å². The number of benzene rings is 1. The lowest BCUT2D eigenvalue weighted by Crippen LogP contribution is -2.19. The van der Waals surface area contributed by atoms with E-state index in [9.17, 15) is 0 Å². The number of hydrogen-bond donors (Lipinski definition) is 1. The molecule has 0 fully saturated rings. The van der Waals surface area contributed by atoms with E-state index in [2.05, 4.69) is 59.4 Å². The first-order valence-electron chi connectivity index (χ1n) is 6.23. The molecule has 0 heterocycles. The van der Waals surface area contributed by atoms with Crippen molar-refractivity contribution in [2.45, 2.75) is 45.6 Å². The monoisotopic (exact) mass is 283 g/mol. The summed E-state index contributed by atoms with van der Waals surface area (Å²) >= 11 is 3.46. The Bertz CT molecular complexity index is 281. The molecule has 1 atom stereocenters. The van der Waals surface area contributed by atoms with E-state index in [-0.39, 0.29) is 0 Å². The molecule has 0 saturated carbocycles. The van der Waals surface area contributed by atoms with Crippen LogP contribution in [0.5, 0.6) is 0 Å². The molecule has 1 aromatic carbocycles. The molecule has 16 heavy (non-hydrogen) atoms. The summed E-state index contributed by atoms with van der Waals surface area (Å²) in [4.78, 5) is 0. The minimum atomic E-state index is 0.453. The normalized spacial score (nSPS) is 12.7. The second-order valence-corrected chi connectivity index (χ2v) is 5.20. The molecule has 0 saturated heterocycles. The third kappa shape index (κ3) is 5.13. The van der Waals surface area contributed by atoms with Gasteiger partial charge < -0.3 is 5.32 Å². The van der Waals surface area contributed by atoms with Crippen molar-refractivity contribution in [3.63, 3.8) is 0 Å². The smallest absolute Gasteiger partial charge is 0.0291 e. The average Bonchev–Trinajstić information content (AvgIpc) is 2.29. The molecule has 90 valence electrons. The first kappa shape index (κ1) is 13.7. The minimum Gasteiger partial charge on any atom is -0.310 e. The van der Waals surface area contributed by atoms with Gasteiger partial charge in [-0.3, -0.25) is 0 Å². The fourth-order valence-corrected chi connectivity index (χ4v) is 2.00. The molecule has 0 spiro atoms. The minimum absolute atomic E-state index is 0.453. The fourth-order valence-electron chi connectivity index (χ4n) is 1.74. The van der Waals surface area contributed by atoms with Crippen molar-refractivity contribution >= 4 is 15.9 Å². The number of rotatable bonds is 7. The van der Waals surface area contributed by atoms with E-state index in [1.807, 2.05) is 0 Å². The predicted molar refractivity (Wildman–Crippen MR) is 74.7 cm³/mol. The zero-order valence-corrected chi connectivity index (χ0v) is 11.9. The van der Waals surface area contributed by atoms with Crippen molar-refractivity contribution < 1.29 is 0 Å². The van der Waals surface area contributed by atoms with Crippen LogP contribution in [0.15, 0.2) is 28.7 Å². The van der Waals surface area contributed by atoms with Gasteiger partial charge in [-0.2, -0.15) is 0 Å². The van der Waals surface area contributed by atoms with Crippen molar-refractivity contribution in [3.8, 4) is 0 Å². The van der Waals surface area contributed by atoms with Gasteiger partial charge in [0.1, 0.15) is 0 Å². The molecule has 0 aliphatic heterocycles. The molecule has 1 N–H and O–H groups in total. The summed E-state index contributed by atoms with van der Waals surface area (Å²) in [6.45, 7) is 5.60. The van der Waals surface area contributed by atoms with Gasteiger partial charge in [0, 0.05) is 10.5 Å². The van der Waals surface area contributed by atoms with Crippen molar-refractivity contribution in [3.05, 3.63) is 34.3 Å². The van der Waals surface area contributed by atoms with Gasteiger partial charge in [-0.05, 0) is 37.6 Å². The topological polar surface area (TPSA) is 12.0 Å². The van der Waals surface area contributed by atoms with Gasteiger partial charge in [-0.1, -0.05) is 54.2 Å². The highest BCUT2D eigenvalue weighted by Crippen LogP contribution is 2.16. The van der Waals surface area contributed by atoms with Crippen LogP contribution < -0.4 is 5.32 Å². The first-order valence-corrected chi connectivity index (χ1v) is 7.02. The maximum Gasteiger partial charge on any atom is 0.0291 e. The Balaban J connectivity index is 2.24. The van der Waals surface area contributed by atoms with Crippen LogP contribution >= 0.6 is 15.9 Å². The lowest BCUT2D eigenvalue weighted by atomic mass is 10.1. The molecule has 0 aromatic heterocycles. The third-order valence-electron chi connectivity index (χ3n) is 2.85. The average molecular weight is 284 g/mol. The Kier molecular flexibility index (Phi) is 6.74. The van der Waals surface area contributed by atoms with E-state index in [4.69, 9.17) is 0 Å². The maximum atomic E-state index is 3.56. The summed E-state index contributed by atoms with van der Waals surface area (Å²) in [5.74, 6) is 0. The number of nitrogens with one attached hydrogen (secondary N) is 1. The highest BCUT2D eigenvalue weighted by molar-refractivity contribution is 9.10. The zero-order valence-electron chi connectivity index (χ0n) is 10.3. The zero-order chi connectivity index (χ0) is 11.8. The quantitative estimate of drug-likeness (QED) is 0.717. The van der Waals surface area contributed by atoms with Crippen LogP contribution in [0, 0.1) is 0 Å². The molecule has 1 aromatic rings. The van der Waals surface area contributed by atoms with E-state index < -0.39 is 0 Å². The molecular formula is C14H22BrN. The SMILES string of the molecule is CCCCCCN[C@H](C)c1ccc(Br)cc1. The Hall–Kier alpha value is -0.340. The van der Waals surface area contributed by atoms with Crippen LogP contribution in [-0.4, -0.2) is 6.54 Å². The van der Waals surface area contributed by atoms with Gasteiger partial charge in [0.25, 0.3) is 0 Å². The Labute approximate surface area is 108 Å². The molecule has 0 bridgehead atoms. The van der Waals surface area contributed by atoms with E-state index in [1.165, 1.54) is 31.2 Å². The third-order valence-corrected chi connectivity index (χ3v) is 3.38. The Morgan fingerprint density at radius 1 is 1.12 bits per heavy atom. The second kappa shape index (κ2) is 7.86. The molecule has 0 aliphatic rings. The molecule has 2 heteroatoms. The predicted octanol–water partition coefficient (Wildman–Crippen LogP) is 4.68. The second-order valence-electron chi connectivity index (χ2n) is 4.29. The summed E-state index contributed by atoms with van der Waals surface area (Å²) in [5, 5.41) is 3.56. The number of hydrogen-bond acceptors (Lipinski definition) is 1. The lowest BCUT2D eigenvalue weighted by molar-refractivity contribution is 0.536. The fraction of sp³-hybridized carbons (Fsp3) is 0.571. The van der Waals surface area contributed by atoms with Crippen LogP contribution in [0.3, 0.4) is 0 Å². The Morgan fingerprint density at radius 3 is 2.44 bits per heavy atom. The molecular weight excluding hydrogens is 262 g/mol. The molecule has 0 unspecified atom stereocenters. The van der Waals surface area contributed by atoms with Crippen LogP contribution in [0.25, 0.3) is 0 Å². The van der Waals surface area contributed by atoms with Gasteiger partial charge >= 0.3 is 0 Å². The van der Waals surface area contributed by atoms with E-state index in [0.717, 1.165) is 11.0 Å². The summed E-state index contributed by atoms with van der Waals surface area (Å²) in [5.41, 5.74) is 1.36. The standard InChI is InChI=1S/C14H22BrN/c1-3-4-5-6-11-16-12(2)13-7-9-14(15)10-8-13/h7-10,12,16H,3-6,11H2,1-2H3/t12-/m1/s1. The summed E-state index contributed by atoms with van der Waals surface area (Å²) in [6, 6.07) is 9.01. The van der Waals surface area contributed by atoms with Gasteiger partial charge in [0.15, 0.2) is 0 Å². The summed E-state index contributed by atoms with van der Waals surface area (Å²) in [7, 11) is 0. The van der Waals surface area contributed by atoms with Crippen molar-refractivity contribution in [2.75, 3.05) is 6.54 Å². The van der Waals surface area contributed by atoms with Crippen LogP contribution in [0.1, 0.15) is 51.1 Å². The van der Waals surface area contributed by atoms with E-state index >= 15 is 0 Å². The lowest BCUT2D eigenvalue weighted by Gasteiger charge is -2.14. The summed E-state index contributed by atoms with van der Waals surface area (Å²) < 4.78 is 1.14. The largest absolute Gasteiger partial charge is 0.310 e. The molecule has 0 radical (unpaired) electrons. The number of halogens is 1. The van der Waals surface area contributed by atoms with Crippen LogP contribution in [0.2, 0.25) is 0 Å². The van der Waals surface area contributed by atoms with Crippen LogP contribution in [0.4, 0.5) is 0 Å². The van der Waals surface area contributed by atoms with Gasteiger partial charge in [-0.15, -0.1) is 0 Å². The Morgan fingerprint density at radius 2 is 1.81 bits per heavy atom. The molecule has 0 aliphatic carbocycles. The number of unbranched alkanes of at least 4 members (excludes halogenated alkanes) is 3. The van der Waals surface area contributed by atoms with Crippen molar-refractivity contribution in [2.24, 2.45) is 0 Å². The molecule has 1 rings (SSSR count). The highest BCUT2D eigenvalue weighted by atomic mass is 79.9. The molecule has 0 amide bonds. The van der Waals surface area contributed by atoms with E-state index in [1.54, 1.807) is 0 Å².